The lowest BCUT2D eigenvalue weighted by Crippen LogP contribution is -2.34. The molecule has 142 valence electrons. The average molecular weight is 387 g/mol. The number of nitrogens with one attached hydrogen (secondary N) is 1. The van der Waals surface area contributed by atoms with Crippen molar-refractivity contribution in [3.8, 4) is 0 Å². The van der Waals surface area contributed by atoms with Crippen LogP contribution in [0, 0.1) is 5.92 Å². The van der Waals surface area contributed by atoms with Crippen LogP contribution in [0.5, 0.6) is 0 Å². The zero-order chi connectivity index (χ0) is 18.8. The van der Waals surface area contributed by atoms with Crippen LogP contribution in [0.4, 0.5) is 5.13 Å². The molecule has 3 aromatic rings. The van der Waals surface area contributed by atoms with Gasteiger partial charge in [-0.3, -0.25) is 14.2 Å². The number of amides is 1. The third kappa shape index (κ3) is 3.87. The molecule has 9 heteroatoms. The number of aromatic nitrogens is 3. The van der Waals surface area contributed by atoms with Gasteiger partial charge in [-0.15, -0.1) is 0 Å². The molecule has 27 heavy (non-hydrogen) atoms. The van der Waals surface area contributed by atoms with Gasteiger partial charge in [-0.05, 0) is 30.9 Å². The Balaban J connectivity index is 1.49. The van der Waals surface area contributed by atoms with E-state index in [1.54, 1.807) is 18.4 Å². The van der Waals surface area contributed by atoms with Gasteiger partial charge in [0.2, 0.25) is 5.91 Å². The molecule has 4 heterocycles. The fourth-order valence-electron chi connectivity index (χ4n) is 3.26. The van der Waals surface area contributed by atoms with Crippen molar-refractivity contribution in [1.29, 1.82) is 0 Å². The van der Waals surface area contributed by atoms with E-state index >= 15 is 0 Å². The first-order chi connectivity index (χ1) is 13.1. The lowest BCUT2D eigenvalue weighted by atomic mass is 10.0. The molecule has 1 atom stereocenters. The standard InChI is InChI=1S/C18H21N5O3S/c1-12-4-2-6-22(9-12)18-21-16-15(27-18)17(25)23(11-20-16)10-14(24)19-8-13-5-3-7-26-13/h3,5,7,11-12H,2,4,6,8-10H2,1H3,(H,19,24)/t12-/m0/s1. The summed E-state index contributed by atoms with van der Waals surface area (Å²) in [4.78, 5) is 35.9. The van der Waals surface area contributed by atoms with Gasteiger partial charge in [0.15, 0.2) is 10.8 Å². The number of carbonyl (C=O) groups is 1. The summed E-state index contributed by atoms with van der Waals surface area (Å²) < 4.78 is 6.99. The van der Waals surface area contributed by atoms with Crippen molar-refractivity contribution in [1.82, 2.24) is 19.9 Å². The van der Waals surface area contributed by atoms with Crippen molar-refractivity contribution in [3.63, 3.8) is 0 Å². The van der Waals surface area contributed by atoms with Crippen molar-refractivity contribution in [2.24, 2.45) is 5.92 Å². The first-order valence-electron chi connectivity index (χ1n) is 9.00. The van der Waals surface area contributed by atoms with Gasteiger partial charge < -0.3 is 14.6 Å². The highest BCUT2D eigenvalue weighted by Gasteiger charge is 2.21. The third-order valence-corrected chi connectivity index (χ3v) is 5.75. The van der Waals surface area contributed by atoms with Crippen LogP contribution < -0.4 is 15.8 Å². The SMILES string of the molecule is C[C@H]1CCCN(c2nc3ncn(CC(=O)NCc4ccco4)c(=O)c3s2)C1. The number of hydrogen-bond donors (Lipinski definition) is 1. The van der Waals surface area contributed by atoms with Crippen LogP contribution in [0.3, 0.4) is 0 Å². The fraction of sp³-hybridized carbons (Fsp3) is 0.444. The summed E-state index contributed by atoms with van der Waals surface area (Å²) in [6.07, 6.45) is 5.29. The molecule has 4 rings (SSSR count). The molecule has 0 radical (unpaired) electrons. The minimum Gasteiger partial charge on any atom is -0.467 e. The second kappa shape index (κ2) is 7.51. The number of furan rings is 1. The zero-order valence-corrected chi connectivity index (χ0v) is 15.9. The smallest absolute Gasteiger partial charge is 0.273 e. The van der Waals surface area contributed by atoms with Crippen molar-refractivity contribution >= 4 is 32.7 Å². The van der Waals surface area contributed by atoms with Crippen LogP contribution in [-0.4, -0.2) is 33.5 Å². The molecular formula is C18H21N5O3S. The first kappa shape index (κ1) is 17.7. The van der Waals surface area contributed by atoms with Crippen molar-refractivity contribution in [2.75, 3.05) is 18.0 Å². The van der Waals surface area contributed by atoms with Crippen molar-refractivity contribution in [3.05, 3.63) is 40.8 Å². The van der Waals surface area contributed by atoms with E-state index in [-0.39, 0.29) is 24.6 Å². The Morgan fingerprint density at radius 2 is 2.37 bits per heavy atom. The van der Waals surface area contributed by atoms with E-state index in [1.807, 2.05) is 0 Å². The second-order valence-electron chi connectivity index (χ2n) is 6.88. The van der Waals surface area contributed by atoms with E-state index in [4.69, 9.17) is 4.42 Å². The van der Waals surface area contributed by atoms with Crippen molar-refractivity contribution < 1.29 is 9.21 Å². The maximum Gasteiger partial charge on any atom is 0.273 e. The molecule has 8 nitrogen and oxygen atoms in total. The number of hydrogen-bond acceptors (Lipinski definition) is 7. The summed E-state index contributed by atoms with van der Waals surface area (Å²) in [6.45, 7) is 4.33. The van der Waals surface area contributed by atoms with Gasteiger partial charge in [-0.25, -0.2) is 4.98 Å². The van der Waals surface area contributed by atoms with Gasteiger partial charge in [0, 0.05) is 13.1 Å². The molecule has 0 saturated carbocycles. The molecular weight excluding hydrogens is 366 g/mol. The number of carbonyl (C=O) groups excluding carboxylic acids is 1. The highest BCUT2D eigenvalue weighted by molar-refractivity contribution is 7.22. The molecule has 3 aromatic heterocycles. The molecule has 1 aliphatic rings. The maximum absolute atomic E-state index is 12.7. The highest BCUT2D eigenvalue weighted by Crippen LogP contribution is 2.28. The number of nitrogens with zero attached hydrogens (tertiary/aromatic N) is 4. The Morgan fingerprint density at radius 1 is 1.48 bits per heavy atom. The van der Waals surface area contributed by atoms with Crippen LogP contribution in [0.1, 0.15) is 25.5 Å². The minimum atomic E-state index is -0.274. The largest absolute Gasteiger partial charge is 0.467 e. The van der Waals surface area contributed by atoms with Crippen LogP contribution in [0.2, 0.25) is 0 Å². The Kier molecular flexibility index (Phi) is 4.93. The summed E-state index contributed by atoms with van der Waals surface area (Å²) in [5, 5.41) is 3.56. The molecule has 0 bridgehead atoms. The average Bonchev–Trinajstić information content (AvgIpc) is 3.32. The van der Waals surface area contributed by atoms with E-state index in [9.17, 15) is 9.59 Å². The van der Waals surface area contributed by atoms with Gasteiger partial charge in [0.05, 0.1) is 12.8 Å². The van der Waals surface area contributed by atoms with Gasteiger partial charge in [0.1, 0.15) is 23.3 Å². The van der Waals surface area contributed by atoms with Crippen LogP contribution >= 0.6 is 11.3 Å². The Labute approximate surface area is 159 Å². The molecule has 1 aliphatic heterocycles. The van der Waals surface area contributed by atoms with E-state index in [0.717, 1.165) is 24.6 Å². The summed E-state index contributed by atoms with van der Waals surface area (Å²) in [6, 6.07) is 3.54. The molecule has 1 N–H and O–H groups in total. The first-order valence-corrected chi connectivity index (χ1v) is 9.82. The fourth-order valence-corrected chi connectivity index (χ4v) is 4.26. The number of rotatable bonds is 5. The Hall–Kier alpha value is -2.68. The summed E-state index contributed by atoms with van der Waals surface area (Å²) in [7, 11) is 0. The van der Waals surface area contributed by atoms with Gasteiger partial charge in [0.25, 0.3) is 5.56 Å². The Morgan fingerprint density at radius 3 is 3.15 bits per heavy atom. The maximum atomic E-state index is 12.7. The van der Waals surface area contributed by atoms with Gasteiger partial charge in [-0.2, -0.15) is 4.98 Å². The molecule has 0 aromatic carbocycles. The molecule has 0 spiro atoms. The highest BCUT2D eigenvalue weighted by atomic mass is 32.1. The molecule has 0 unspecified atom stereocenters. The second-order valence-corrected chi connectivity index (χ2v) is 7.85. The van der Waals surface area contributed by atoms with E-state index in [0.29, 0.717) is 22.0 Å². The van der Waals surface area contributed by atoms with Gasteiger partial charge >= 0.3 is 0 Å². The number of fused-ring (bicyclic) bond motifs is 1. The molecule has 1 fully saturated rings. The quantitative estimate of drug-likeness (QED) is 0.720. The predicted octanol–water partition coefficient (Wildman–Crippen LogP) is 2.00. The minimum absolute atomic E-state index is 0.0868. The summed E-state index contributed by atoms with van der Waals surface area (Å²) in [5.74, 6) is 1.00. The monoisotopic (exact) mass is 387 g/mol. The van der Waals surface area contributed by atoms with Crippen LogP contribution in [-0.2, 0) is 17.9 Å². The molecule has 1 saturated heterocycles. The third-order valence-electron chi connectivity index (χ3n) is 4.65. The molecule has 1 amide bonds. The predicted molar refractivity (Wildman–Crippen MR) is 103 cm³/mol. The van der Waals surface area contributed by atoms with Crippen molar-refractivity contribution in [2.45, 2.75) is 32.9 Å². The zero-order valence-electron chi connectivity index (χ0n) is 15.1. The van der Waals surface area contributed by atoms with Gasteiger partial charge in [-0.1, -0.05) is 18.3 Å². The number of anilines is 1. The lowest BCUT2D eigenvalue weighted by molar-refractivity contribution is -0.122. The molecule has 0 aliphatic carbocycles. The van der Waals surface area contributed by atoms with E-state index in [1.165, 1.54) is 28.7 Å². The Bertz CT molecular complexity index is 994. The van der Waals surface area contributed by atoms with Crippen LogP contribution in [0.15, 0.2) is 33.9 Å². The number of piperidine rings is 1. The number of thiazole rings is 1. The summed E-state index contributed by atoms with van der Waals surface area (Å²) >= 11 is 1.36. The van der Waals surface area contributed by atoms with E-state index in [2.05, 4.69) is 27.1 Å². The van der Waals surface area contributed by atoms with Crippen LogP contribution in [0.25, 0.3) is 10.3 Å². The van der Waals surface area contributed by atoms with E-state index < -0.39 is 0 Å². The topological polar surface area (TPSA) is 93.3 Å². The lowest BCUT2D eigenvalue weighted by Gasteiger charge is -2.30. The normalized spacial score (nSPS) is 17.4. The summed E-state index contributed by atoms with van der Waals surface area (Å²) in [5.41, 5.74) is 0.215.